The fourth-order valence-corrected chi connectivity index (χ4v) is 1.45. The minimum absolute atomic E-state index is 0.263. The fraction of sp³-hybridized carbons (Fsp3) is 0.889. The minimum Gasteiger partial charge on any atom is -0.465 e. The number of hydrogen-bond acceptors (Lipinski definition) is 3. The summed E-state index contributed by atoms with van der Waals surface area (Å²) in [6, 6.07) is 0.566. The molecule has 0 aromatic carbocycles. The molecule has 1 unspecified atom stereocenters. The van der Waals surface area contributed by atoms with E-state index in [2.05, 4.69) is 19.6 Å². The van der Waals surface area contributed by atoms with Crippen molar-refractivity contribution in [2.75, 3.05) is 6.61 Å². The van der Waals surface area contributed by atoms with Crippen molar-refractivity contribution < 1.29 is 9.53 Å². The Bertz CT molecular complexity index is 165. The van der Waals surface area contributed by atoms with Gasteiger partial charge in [-0.2, -0.15) is 0 Å². The summed E-state index contributed by atoms with van der Waals surface area (Å²) in [6.07, 6.45) is 0.645. The van der Waals surface area contributed by atoms with E-state index in [-0.39, 0.29) is 5.97 Å². The number of nitrogens with two attached hydrogens (primary N) is 1. The second-order valence-corrected chi connectivity index (χ2v) is 10.1. The second-order valence-electron chi connectivity index (χ2n) is 4.49. The molecule has 0 aromatic rings. The Balaban J connectivity index is 3.60. The van der Waals surface area contributed by atoms with Crippen LogP contribution in [0.1, 0.15) is 13.3 Å². The van der Waals surface area contributed by atoms with Crippen molar-refractivity contribution in [2.45, 2.75) is 45.1 Å². The van der Waals surface area contributed by atoms with Gasteiger partial charge < -0.3 is 10.5 Å². The minimum atomic E-state index is -1.09. The third kappa shape index (κ3) is 6.78. The SMILES string of the molecule is CCC(N)C(=O)OCC[Si](C)(C)C. The third-order valence-corrected chi connectivity index (χ3v) is 3.54. The average molecular weight is 203 g/mol. The predicted molar refractivity (Wildman–Crippen MR) is 57.4 cm³/mol. The highest BCUT2D eigenvalue weighted by Gasteiger charge is 2.16. The van der Waals surface area contributed by atoms with Crippen molar-refractivity contribution >= 4 is 14.0 Å². The van der Waals surface area contributed by atoms with Crippen LogP contribution in [0.3, 0.4) is 0 Å². The summed E-state index contributed by atoms with van der Waals surface area (Å²) in [6.45, 7) is 9.16. The van der Waals surface area contributed by atoms with Crippen LogP contribution in [0.15, 0.2) is 0 Å². The average Bonchev–Trinajstić information content (AvgIpc) is 2.00. The Hall–Kier alpha value is -0.353. The molecule has 2 N–H and O–H groups in total. The van der Waals surface area contributed by atoms with Gasteiger partial charge in [0.15, 0.2) is 0 Å². The van der Waals surface area contributed by atoms with Crippen LogP contribution >= 0.6 is 0 Å². The highest BCUT2D eigenvalue weighted by Crippen LogP contribution is 2.07. The van der Waals surface area contributed by atoms with Crippen LogP contribution in [0.4, 0.5) is 0 Å². The van der Waals surface area contributed by atoms with Crippen LogP contribution in [-0.4, -0.2) is 26.7 Å². The van der Waals surface area contributed by atoms with Gasteiger partial charge in [0.05, 0.1) is 6.61 Å². The zero-order valence-electron chi connectivity index (χ0n) is 9.09. The maximum atomic E-state index is 11.1. The van der Waals surface area contributed by atoms with E-state index in [1.807, 2.05) is 6.92 Å². The molecular weight excluding hydrogens is 182 g/mol. The van der Waals surface area contributed by atoms with Crippen molar-refractivity contribution in [2.24, 2.45) is 5.73 Å². The van der Waals surface area contributed by atoms with Gasteiger partial charge in [0.1, 0.15) is 6.04 Å². The van der Waals surface area contributed by atoms with Crippen LogP contribution in [0.25, 0.3) is 0 Å². The van der Waals surface area contributed by atoms with Gasteiger partial charge in [-0.3, -0.25) is 4.79 Å². The first kappa shape index (κ1) is 12.6. The molecule has 0 fully saturated rings. The zero-order chi connectivity index (χ0) is 10.5. The molecule has 3 nitrogen and oxygen atoms in total. The van der Waals surface area contributed by atoms with E-state index in [4.69, 9.17) is 10.5 Å². The topological polar surface area (TPSA) is 52.3 Å². The van der Waals surface area contributed by atoms with Crippen molar-refractivity contribution in [3.8, 4) is 0 Å². The summed E-state index contributed by atoms with van der Waals surface area (Å²) in [5, 5.41) is 0. The third-order valence-electron chi connectivity index (χ3n) is 1.84. The lowest BCUT2D eigenvalue weighted by molar-refractivity contribution is -0.144. The van der Waals surface area contributed by atoms with E-state index in [1.165, 1.54) is 0 Å². The van der Waals surface area contributed by atoms with Gasteiger partial charge in [-0.25, -0.2) is 0 Å². The quantitative estimate of drug-likeness (QED) is 0.545. The van der Waals surface area contributed by atoms with E-state index in [1.54, 1.807) is 0 Å². The summed E-state index contributed by atoms with van der Waals surface area (Å²) in [5.41, 5.74) is 5.50. The van der Waals surface area contributed by atoms with Crippen molar-refractivity contribution in [3.63, 3.8) is 0 Å². The normalized spacial score (nSPS) is 13.9. The highest BCUT2D eigenvalue weighted by molar-refractivity contribution is 6.76. The molecule has 0 aliphatic carbocycles. The molecule has 0 rings (SSSR count). The summed E-state index contributed by atoms with van der Waals surface area (Å²) >= 11 is 0. The number of carbonyl (C=O) groups is 1. The van der Waals surface area contributed by atoms with Crippen LogP contribution in [0, 0.1) is 0 Å². The first-order chi connectivity index (χ1) is 5.87. The van der Waals surface area contributed by atoms with E-state index in [0.717, 1.165) is 6.04 Å². The van der Waals surface area contributed by atoms with Crippen LogP contribution in [0.5, 0.6) is 0 Å². The molecule has 0 spiro atoms. The molecule has 0 amide bonds. The van der Waals surface area contributed by atoms with Crippen molar-refractivity contribution in [3.05, 3.63) is 0 Å². The van der Waals surface area contributed by atoms with Crippen molar-refractivity contribution in [1.29, 1.82) is 0 Å². The molecule has 0 saturated carbocycles. The Morgan fingerprint density at radius 2 is 2.00 bits per heavy atom. The van der Waals surface area contributed by atoms with E-state index in [0.29, 0.717) is 13.0 Å². The van der Waals surface area contributed by atoms with E-state index in [9.17, 15) is 4.79 Å². The maximum absolute atomic E-state index is 11.1. The van der Waals surface area contributed by atoms with E-state index >= 15 is 0 Å². The molecule has 13 heavy (non-hydrogen) atoms. The van der Waals surface area contributed by atoms with Crippen LogP contribution < -0.4 is 5.73 Å². The first-order valence-corrected chi connectivity index (χ1v) is 8.49. The highest BCUT2D eigenvalue weighted by atomic mass is 28.3. The molecule has 0 bridgehead atoms. The summed E-state index contributed by atoms with van der Waals surface area (Å²) < 4.78 is 5.04. The Morgan fingerprint density at radius 3 is 2.38 bits per heavy atom. The first-order valence-electron chi connectivity index (χ1n) is 4.79. The van der Waals surface area contributed by atoms with Gasteiger partial charge in [-0.1, -0.05) is 26.6 Å². The van der Waals surface area contributed by atoms with Crippen molar-refractivity contribution in [1.82, 2.24) is 0 Å². The van der Waals surface area contributed by atoms with E-state index < -0.39 is 14.1 Å². The summed E-state index contributed by atoms with van der Waals surface area (Å²) in [5.74, 6) is -0.263. The number of hydrogen-bond donors (Lipinski definition) is 1. The van der Waals surface area contributed by atoms with Gasteiger partial charge in [0.25, 0.3) is 0 Å². The second kappa shape index (κ2) is 5.39. The van der Waals surface area contributed by atoms with Gasteiger partial charge in [0, 0.05) is 8.07 Å². The predicted octanol–water partition coefficient (Wildman–Crippen LogP) is 1.61. The number of ether oxygens (including phenoxy) is 1. The zero-order valence-corrected chi connectivity index (χ0v) is 10.1. The van der Waals surface area contributed by atoms with Gasteiger partial charge in [-0.05, 0) is 12.5 Å². The lowest BCUT2D eigenvalue weighted by atomic mass is 10.2. The van der Waals surface area contributed by atoms with Crippen LogP contribution in [0.2, 0.25) is 25.7 Å². The fourth-order valence-electron chi connectivity index (χ4n) is 0.732. The molecule has 0 radical (unpaired) electrons. The molecule has 4 heteroatoms. The smallest absolute Gasteiger partial charge is 0.322 e. The molecule has 0 aromatic heterocycles. The molecule has 78 valence electrons. The van der Waals surface area contributed by atoms with Crippen LogP contribution in [-0.2, 0) is 9.53 Å². The summed E-state index contributed by atoms with van der Waals surface area (Å²) in [7, 11) is -1.09. The molecular formula is C9H21NO2Si. The Kier molecular flexibility index (Phi) is 5.25. The lowest BCUT2D eigenvalue weighted by Crippen LogP contribution is -2.32. The number of rotatable bonds is 5. The number of esters is 1. The van der Waals surface area contributed by atoms with Gasteiger partial charge in [-0.15, -0.1) is 0 Å². The summed E-state index contributed by atoms with van der Waals surface area (Å²) in [4.78, 5) is 11.1. The Morgan fingerprint density at radius 1 is 1.46 bits per heavy atom. The maximum Gasteiger partial charge on any atom is 0.322 e. The molecule has 0 aliphatic heterocycles. The Labute approximate surface area is 81.7 Å². The lowest BCUT2D eigenvalue weighted by Gasteiger charge is -2.16. The number of carbonyl (C=O) groups excluding carboxylic acids is 1. The van der Waals surface area contributed by atoms with Gasteiger partial charge in [0.2, 0.25) is 0 Å². The molecule has 1 atom stereocenters. The molecule has 0 heterocycles. The van der Waals surface area contributed by atoms with Gasteiger partial charge >= 0.3 is 5.97 Å². The molecule has 0 saturated heterocycles. The molecule has 0 aliphatic rings. The largest absolute Gasteiger partial charge is 0.465 e. The monoisotopic (exact) mass is 203 g/mol. The standard InChI is InChI=1S/C9H21NO2Si/c1-5-8(10)9(11)12-6-7-13(2,3)4/h8H,5-7,10H2,1-4H3.